The molecule has 1 heterocycles. The first kappa shape index (κ1) is 16.7. The lowest BCUT2D eigenvalue weighted by atomic mass is 9.79. The predicted molar refractivity (Wildman–Crippen MR) is 88.7 cm³/mol. The van der Waals surface area contributed by atoms with E-state index in [1.54, 1.807) is 0 Å². The van der Waals surface area contributed by atoms with Gasteiger partial charge in [0.1, 0.15) is 11.8 Å². The third kappa shape index (κ3) is 2.92. The fourth-order valence-electron chi connectivity index (χ4n) is 3.70. The van der Waals surface area contributed by atoms with Gasteiger partial charge in [-0.05, 0) is 63.8 Å². The van der Waals surface area contributed by atoms with Crippen molar-refractivity contribution in [3.05, 3.63) is 23.8 Å². The highest BCUT2D eigenvalue weighted by Crippen LogP contribution is 2.45. The average Bonchev–Trinajstić information content (AvgIpc) is 2.46. The molecular weight excluding hydrogens is 278 g/mol. The van der Waals surface area contributed by atoms with Gasteiger partial charge in [-0.1, -0.05) is 6.92 Å². The van der Waals surface area contributed by atoms with Gasteiger partial charge in [-0.3, -0.25) is 0 Å². The SMILES string of the molecule is CCOc1ccc2c(c1)[C@@H](C)CC(C)(C)N2[C@@H](C)C(=O)OC. The normalized spacial score (nSPS) is 21.0. The first-order chi connectivity index (χ1) is 10.3. The van der Waals surface area contributed by atoms with Crippen molar-refractivity contribution >= 4 is 11.7 Å². The van der Waals surface area contributed by atoms with Crippen molar-refractivity contribution in [3.8, 4) is 5.75 Å². The summed E-state index contributed by atoms with van der Waals surface area (Å²) in [6.07, 6.45) is 0.983. The molecule has 0 saturated carbocycles. The van der Waals surface area contributed by atoms with Crippen LogP contribution in [0.25, 0.3) is 0 Å². The molecule has 0 radical (unpaired) electrons. The number of anilines is 1. The van der Waals surface area contributed by atoms with Gasteiger partial charge in [-0.25, -0.2) is 4.79 Å². The molecule has 0 amide bonds. The van der Waals surface area contributed by atoms with Crippen LogP contribution < -0.4 is 9.64 Å². The van der Waals surface area contributed by atoms with E-state index in [2.05, 4.69) is 37.8 Å². The second-order valence-corrected chi connectivity index (χ2v) is 6.64. The standard InChI is InChI=1S/C18H27NO3/c1-7-22-14-8-9-16-15(10-14)12(2)11-18(4,5)19(16)13(3)17(20)21-6/h8-10,12-13H,7,11H2,1-6H3/t12-,13-/m0/s1. The van der Waals surface area contributed by atoms with Gasteiger partial charge in [0.25, 0.3) is 0 Å². The van der Waals surface area contributed by atoms with Gasteiger partial charge in [0, 0.05) is 11.2 Å². The lowest BCUT2D eigenvalue weighted by Gasteiger charge is -2.49. The van der Waals surface area contributed by atoms with Crippen molar-refractivity contribution in [1.29, 1.82) is 0 Å². The van der Waals surface area contributed by atoms with E-state index >= 15 is 0 Å². The number of methoxy groups -OCH3 is 1. The van der Waals surface area contributed by atoms with Gasteiger partial charge in [0.05, 0.1) is 13.7 Å². The molecule has 4 heteroatoms. The molecule has 2 atom stereocenters. The molecule has 2 rings (SSSR count). The summed E-state index contributed by atoms with van der Waals surface area (Å²) in [5.41, 5.74) is 2.23. The number of fused-ring (bicyclic) bond motifs is 1. The second kappa shape index (κ2) is 6.19. The van der Waals surface area contributed by atoms with Crippen molar-refractivity contribution in [1.82, 2.24) is 0 Å². The predicted octanol–water partition coefficient (Wildman–Crippen LogP) is 3.74. The van der Waals surface area contributed by atoms with Gasteiger partial charge < -0.3 is 14.4 Å². The fraction of sp³-hybridized carbons (Fsp3) is 0.611. The van der Waals surface area contributed by atoms with Gasteiger partial charge in [0.2, 0.25) is 0 Å². The van der Waals surface area contributed by atoms with Crippen molar-refractivity contribution in [3.63, 3.8) is 0 Å². The van der Waals surface area contributed by atoms with Crippen LogP contribution in [0.1, 0.15) is 52.5 Å². The molecule has 22 heavy (non-hydrogen) atoms. The first-order valence-electron chi connectivity index (χ1n) is 7.95. The third-order valence-electron chi connectivity index (χ3n) is 4.49. The Morgan fingerprint density at radius 3 is 2.73 bits per heavy atom. The van der Waals surface area contributed by atoms with E-state index in [1.807, 2.05) is 19.9 Å². The Hall–Kier alpha value is -1.71. The zero-order chi connectivity index (χ0) is 16.5. The molecule has 0 aliphatic carbocycles. The Morgan fingerprint density at radius 2 is 2.14 bits per heavy atom. The van der Waals surface area contributed by atoms with E-state index in [1.165, 1.54) is 12.7 Å². The number of hydrogen-bond acceptors (Lipinski definition) is 4. The van der Waals surface area contributed by atoms with E-state index in [-0.39, 0.29) is 17.6 Å². The Kier molecular flexibility index (Phi) is 4.69. The van der Waals surface area contributed by atoms with Crippen LogP contribution in [-0.4, -0.2) is 31.3 Å². The van der Waals surface area contributed by atoms with Crippen LogP contribution in [0.5, 0.6) is 5.75 Å². The fourth-order valence-corrected chi connectivity index (χ4v) is 3.70. The lowest BCUT2D eigenvalue weighted by Crippen LogP contribution is -2.55. The molecule has 0 bridgehead atoms. The quantitative estimate of drug-likeness (QED) is 0.794. The summed E-state index contributed by atoms with van der Waals surface area (Å²) < 4.78 is 10.6. The maximum Gasteiger partial charge on any atom is 0.328 e. The molecule has 4 nitrogen and oxygen atoms in total. The zero-order valence-corrected chi connectivity index (χ0v) is 14.5. The molecule has 0 aromatic heterocycles. The number of carbonyl (C=O) groups is 1. The van der Waals surface area contributed by atoms with E-state index in [4.69, 9.17) is 9.47 Å². The lowest BCUT2D eigenvalue weighted by molar-refractivity contribution is -0.142. The minimum absolute atomic E-state index is 0.104. The van der Waals surface area contributed by atoms with E-state index in [0.717, 1.165) is 17.9 Å². The molecule has 0 fully saturated rings. The second-order valence-electron chi connectivity index (χ2n) is 6.64. The van der Waals surface area contributed by atoms with Crippen LogP contribution in [0, 0.1) is 0 Å². The molecule has 1 aliphatic rings. The number of nitrogens with zero attached hydrogens (tertiary/aromatic N) is 1. The largest absolute Gasteiger partial charge is 0.494 e. The number of hydrogen-bond donors (Lipinski definition) is 0. The van der Waals surface area contributed by atoms with E-state index in [9.17, 15) is 4.79 Å². The van der Waals surface area contributed by atoms with Crippen LogP contribution in [0.4, 0.5) is 5.69 Å². The Labute approximate surface area is 133 Å². The summed E-state index contributed by atoms with van der Waals surface area (Å²) in [5, 5.41) is 0. The highest BCUT2D eigenvalue weighted by Gasteiger charge is 2.41. The third-order valence-corrected chi connectivity index (χ3v) is 4.49. The first-order valence-corrected chi connectivity index (χ1v) is 7.95. The monoisotopic (exact) mass is 305 g/mol. The minimum atomic E-state index is -0.316. The number of carbonyl (C=O) groups excluding carboxylic acids is 1. The Morgan fingerprint density at radius 1 is 1.45 bits per heavy atom. The average molecular weight is 305 g/mol. The zero-order valence-electron chi connectivity index (χ0n) is 14.5. The van der Waals surface area contributed by atoms with E-state index < -0.39 is 0 Å². The van der Waals surface area contributed by atoms with Crippen LogP contribution in [0.15, 0.2) is 18.2 Å². The molecular formula is C18H27NO3. The summed E-state index contributed by atoms with van der Waals surface area (Å²) in [6.45, 7) is 11.1. The highest BCUT2D eigenvalue weighted by atomic mass is 16.5. The summed E-state index contributed by atoms with van der Waals surface area (Å²) in [6, 6.07) is 5.84. The van der Waals surface area contributed by atoms with Crippen LogP contribution in [0.3, 0.4) is 0 Å². The molecule has 1 aromatic rings. The number of ether oxygens (including phenoxy) is 2. The molecule has 0 saturated heterocycles. The van der Waals surface area contributed by atoms with Crippen molar-refractivity contribution in [2.45, 2.75) is 58.5 Å². The topological polar surface area (TPSA) is 38.8 Å². The number of rotatable bonds is 4. The minimum Gasteiger partial charge on any atom is -0.494 e. The summed E-state index contributed by atoms with van der Waals surface area (Å²) in [7, 11) is 1.44. The van der Waals surface area contributed by atoms with Crippen molar-refractivity contribution in [2.24, 2.45) is 0 Å². The summed E-state index contributed by atoms with van der Waals surface area (Å²) in [5.74, 6) is 1.10. The van der Waals surface area contributed by atoms with E-state index in [0.29, 0.717) is 12.5 Å². The molecule has 1 aromatic carbocycles. The van der Waals surface area contributed by atoms with Crippen LogP contribution >= 0.6 is 0 Å². The van der Waals surface area contributed by atoms with Crippen LogP contribution in [-0.2, 0) is 9.53 Å². The summed E-state index contributed by atoms with van der Waals surface area (Å²) >= 11 is 0. The Bertz CT molecular complexity index is 553. The van der Waals surface area contributed by atoms with Gasteiger partial charge >= 0.3 is 5.97 Å². The van der Waals surface area contributed by atoms with Crippen molar-refractivity contribution < 1.29 is 14.3 Å². The molecule has 0 unspecified atom stereocenters. The smallest absolute Gasteiger partial charge is 0.328 e. The van der Waals surface area contributed by atoms with Gasteiger partial charge in [-0.15, -0.1) is 0 Å². The van der Waals surface area contributed by atoms with Crippen LogP contribution in [0.2, 0.25) is 0 Å². The molecule has 122 valence electrons. The number of benzene rings is 1. The maximum atomic E-state index is 12.1. The van der Waals surface area contributed by atoms with Gasteiger partial charge in [-0.2, -0.15) is 0 Å². The van der Waals surface area contributed by atoms with Gasteiger partial charge in [0.15, 0.2) is 0 Å². The molecule has 0 N–H and O–H groups in total. The molecule has 1 aliphatic heterocycles. The maximum absolute atomic E-state index is 12.1. The Balaban J connectivity index is 2.50. The highest BCUT2D eigenvalue weighted by molar-refractivity contribution is 5.81. The van der Waals surface area contributed by atoms with Crippen molar-refractivity contribution in [2.75, 3.05) is 18.6 Å². The number of esters is 1. The molecule has 0 spiro atoms. The summed E-state index contributed by atoms with van der Waals surface area (Å²) in [4.78, 5) is 14.3.